The number of carboxylic acid groups (broad SMARTS) is 1. The van der Waals surface area contributed by atoms with Crippen molar-refractivity contribution >= 4 is 23.2 Å². The zero-order valence-electron chi connectivity index (χ0n) is 9.00. The van der Waals surface area contributed by atoms with E-state index >= 15 is 0 Å². The van der Waals surface area contributed by atoms with Gasteiger partial charge >= 0.3 is 5.97 Å². The van der Waals surface area contributed by atoms with Gasteiger partial charge in [0.05, 0.1) is 18.5 Å². The second-order valence-corrected chi connectivity index (χ2v) is 5.50. The van der Waals surface area contributed by atoms with E-state index in [1.807, 2.05) is 11.0 Å². The Kier molecular flexibility index (Phi) is 2.29. The summed E-state index contributed by atoms with van der Waals surface area (Å²) in [7, 11) is 0. The van der Waals surface area contributed by atoms with Gasteiger partial charge in [-0.05, 0) is 18.6 Å². The first-order chi connectivity index (χ1) is 8.15. The minimum Gasteiger partial charge on any atom is -0.477 e. The van der Waals surface area contributed by atoms with Crippen LogP contribution < -0.4 is 0 Å². The van der Waals surface area contributed by atoms with Gasteiger partial charge < -0.3 is 10.0 Å². The molecule has 1 aliphatic carbocycles. The maximum absolute atomic E-state index is 11.9. The van der Waals surface area contributed by atoms with Crippen molar-refractivity contribution in [1.29, 1.82) is 0 Å². The number of carbonyl (C=O) groups excluding carboxylic acids is 1. The average Bonchev–Trinajstić information content (AvgIpc) is 2.97. The number of nitrogens with zero attached hydrogens (tertiary/aromatic N) is 1. The smallest absolute Gasteiger partial charge is 0.345 e. The van der Waals surface area contributed by atoms with Crippen molar-refractivity contribution in [3.63, 3.8) is 0 Å². The Balaban J connectivity index is 1.77. The van der Waals surface area contributed by atoms with Crippen molar-refractivity contribution in [1.82, 2.24) is 4.90 Å². The molecule has 2 bridgehead atoms. The van der Waals surface area contributed by atoms with E-state index in [1.165, 1.54) is 11.3 Å². The second-order valence-electron chi connectivity index (χ2n) is 4.33. The normalized spacial score (nSPS) is 25.9. The minimum atomic E-state index is -0.907. The van der Waals surface area contributed by atoms with Crippen LogP contribution in [0.15, 0.2) is 24.3 Å². The molecule has 1 fully saturated rings. The number of aromatic carboxylic acids is 1. The van der Waals surface area contributed by atoms with Gasteiger partial charge in [0.15, 0.2) is 0 Å². The van der Waals surface area contributed by atoms with Gasteiger partial charge in [-0.25, -0.2) is 4.79 Å². The van der Waals surface area contributed by atoms with E-state index in [2.05, 4.69) is 6.08 Å². The average molecular weight is 249 g/mol. The number of hydrogen-bond donors (Lipinski definition) is 1. The minimum absolute atomic E-state index is 0.0545. The molecule has 17 heavy (non-hydrogen) atoms. The standard InChI is InChI=1S/C12H11NO3S/c14-11-7-1-2-8(5-7)13(11)6-9-3-4-10(17-9)12(15)16/h1-4,7-8H,5-6H2,(H,15,16). The highest BCUT2D eigenvalue weighted by Gasteiger charge is 2.40. The molecule has 4 nitrogen and oxygen atoms in total. The summed E-state index contributed by atoms with van der Waals surface area (Å²) in [6.07, 6.45) is 4.92. The highest BCUT2D eigenvalue weighted by Crippen LogP contribution is 2.34. The molecule has 0 aromatic carbocycles. The van der Waals surface area contributed by atoms with Crippen LogP contribution in [-0.2, 0) is 11.3 Å². The van der Waals surface area contributed by atoms with Crippen LogP contribution in [-0.4, -0.2) is 27.9 Å². The van der Waals surface area contributed by atoms with Crippen LogP contribution in [0.3, 0.4) is 0 Å². The molecule has 2 aliphatic rings. The van der Waals surface area contributed by atoms with Crippen LogP contribution in [0.1, 0.15) is 21.0 Å². The summed E-state index contributed by atoms with van der Waals surface area (Å²) in [5, 5.41) is 8.83. The van der Waals surface area contributed by atoms with Crippen LogP contribution in [0.4, 0.5) is 0 Å². The SMILES string of the molecule is O=C(O)c1ccc(CN2C(=O)C3C=CC2C3)s1. The largest absolute Gasteiger partial charge is 0.477 e. The van der Waals surface area contributed by atoms with Crippen molar-refractivity contribution in [2.45, 2.75) is 19.0 Å². The van der Waals surface area contributed by atoms with Crippen LogP contribution in [0.5, 0.6) is 0 Å². The lowest BCUT2D eigenvalue weighted by Crippen LogP contribution is -2.33. The lowest BCUT2D eigenvalue weighted by atomic mass is 10.1. The summed E-state index contributed by atoms with van der Waals surface area (Å²) in [5.41, 5.74) is 0. The topological polar surface area (TPSA) is 57.6 Å². The molecule has 2 unspecified atom stereocenters. The van der Waals surface area contributed by atoms with Crippen molar-refractivity contribution < 1.29 is 14.7 Å². The van der Waals surface area contributed by atoms with Gasteiger partial charge in [0.2, 0.25) is 5.91 Å². The third kappa shape index (κ3) is 1.67. The quantitative estimate of drug-likeness (QED) is 0.830. The lowest BCUT2D eigenvalue weighted by molar-refractivity contribution is -0.131. The third-order valence-electron chi connectivity index (χ3n) is 3.26. The zero-order chi connectivity index (χ0) is 12.0. The lowest BCUT2D eigenvalue weighted by Gasteiger charge is -2.23. The van der Waals surface area contributed by atoms with Crippen molar-refractivity contribution in [2.24, 2.45) is 5.92 Å². The van der Waals surface area contributed by atoms with Crippen LogP contribution in [0, 0.1) is 5.92 Å². The molecule has 1 aromatic heterocycles. The molecule has 3 rings (SSSR count). The van der Waals surface area contributed by atoms with E-state index in [0.717, 1.165) is 11.3 Å². The number of fused-ring (bicyclic) bond motifs is 2. The summed E-state index contributed by atoms with van der Waals surface area (Å²) in [5.74, 6) is -0.683. The Labute approximate surface area is 102 Å². The predicted molar refractivity (Wildman–Crippen MR) is 62.9 cm³/mol. The van der Waals surface area contributed by atoms with Crippen LogP contribution in [0.2, 0.25) is 0 Å². The predicted octanol–water partition coefficient (Wildman–Crippen LogP) is 1.73. The van der Waals surface area contributed by atoms with Gasteiger partial charge in [-0.3, -0.25) is 4.79 Å². The molecular formula is C12H11NO3S. The van der Waals surface area contributed by atoms with Crippen molar-refractivity contribution in [2.75, 3.05) is 0 Å². The van der Waals surface area contributed by atoms with Gasteiger partial charge in [0, 0.05) is 4.88 Å². The van der Waals surface area contributed by atoms with Crippen molar-refractivity contribution in [3.05, 3.63) is 34.0 Å². The first-order valence-electron chi connectivity index (χ1n) is 5.46. The Morgan fingerprint density at radius 3 is 2.88 bits per heavy atom. The van der Waals surface area contributed by atoms with Gasteiger partial charge in [-0.2, -0.15) is 0 Å². The van der Waals surface area contributed by atoms with E-state index in [-0.39, 0.29) is 17.9 Å². The molecule has 0 saturated carbocycles. The fourth-order valence-electron chi connectivity index (χ4n) is 2.41. The van der Waals surface area contributed by atoms with Crippen LogP contribution >= 0.6 is 11.3 Å². The number of amides is 1. The second kappa shape index (κ2) is 3.70. The molecule has 1 saturated heterocycles. The Morgan fingerprint density at radius 1 is 1.47 bits per heavy atom. The van der Waals surface area contributed by atoms with E-state index in [4.69, 9.17) is 5.11 Å². The Hall–Kier alpha value is -1.62. The summed E-state index contributed by atoms with van der Waals surface area (Å²) >= 11 is 1.24. The Morgan fingerprint density at radius 2 is 2.29 bits per heavy atom. The molecule has 0 radical (unpaired) electrons. The number of likely N-dealkylation sites (tertiary alicyclic amines) is 1. The molecule has 2 atom stereocenters. The van der Waals surface area contributed by atoms with Gasteiger partial charge in [-0.15, -0.1) is 11.3 Å². The molecule has 88 valence electrons. The Bertz CT molecular complexity index is 520. The van der Waals surface area contributed by atoms with E-state index in [1.54, 1.807) is 12.1 Å². The molecule has 1 aliphatic heterocycles. The molecule has 0 spiro atoms. The third-order valence-corrected chi connectivity index (χ3v) is 4.32. The number of carbonyl (C=O) groups is 2. The molecule has 1 aromatic rings. The monoisotopic (exact) mass is 249 g/mol. The molecule has 5 heteroatoms. The summed E-state index contributed by atoms with van der Waals surface area (Å²) in [6, 6.07) is 3.59. The maximum atomic E-state index is 11.9. The molecule has 2 heterocycles. The van der Waals surface area contributed by atoms with Gasteiger partial charge in [0.1, 0.15) is 4.88 Å². The van der Waals surface area contributed by atoms with E-state index in [9.17, 15) is 9.59 Å². The fourth-order valence-corrected chi connectivity index (χ4v) is 3.26. The van der Waals surface area contributed by atoms with E-state index in [0.29, 0.717) is 11.4 Å². The summed E-state index contributed by atoms with van der Waals surface area (Å²) < 4.78 is 0. The number of carboxylic acids is 1. The van der Waals surface area contributed by atoms with Gasteiger partial charge in [-0.1, -0.05) is 12.2 Å². The number of thiophene rings is 1. The summed E-state index contributed by atoms with van der Waals surface area (Å²) in [6.45, 7) is 0.530. The molecule has 1 N–H and O–H groups in total. The summed E-state index contributed by atoms with van der Waals surface area (Å²) in [4.78, 5) is 25.7. The van der Waals surface area contributed by atoms with Crippen molar-refractivity contribution in [3.8, 4) is 0 Å². The van der Waals surface area contributed by atoms with Gasteiger partial charge in [0.25, 0.3) is 0 Å². The highest BCUT2D eigenvalue weighted by molar-refractivity contribution is 7.13. The molecule has 1 amide bonds. The fraction of sp³-hybridized carbons (Fsp3) is 0.333. The van der Waals surface area contributed by atoms with E-state index < -0.39 is 5.97 Å². The molecular weight excluding hydrogens is 238 g/mol. The first kappa shape index (κ1) is 10.5. The first-order valence-corrected chi connectivity index (χ1v) is 6.27. The highest BCUT2D eigenvalue weighted by atomic mass is 32.1. The number of rotatable bonds is 3. The number of hydrogen-bond acceptors (Lipinski definition) is 3. The zero-order valence-corrected chi connectivity index (χ0v) is 9.81. The van der Waals surface area contributed by atoms with Crippen LogP contribution in [0.25, 0.3) is 0 Å². The maximum Gasteiger partial charge on any atom is 0.345 e.